The third-order valence-electron chi connectivity index (χ3n) is 6.48. The summed E-state index contributed by atoms with van der Waals surface area (Å²) in [5.74, 6) is 0.478. The fraction of sp³-hybridized carbons (Fsp3) is 0.476. The summed E-state index contributed by atoms with van der Waals surface area (Å²) in [5.41, 5.74) is 1.18. The van der Waals surface area contributed by atoms with Crippen molar-refractivity contribution < 1.29 is 14.3 Å². The van der Waals surface area contributed by atoms with Crippen LogP contribution < -0.4 is 5.32 Å². The van der Waals surface area contributed by atoms with E-state index in [2.05, 4.69) is 10.3 Å². The number of nitrogens with one attached hydrogen (secondary N) is 1. The minimum atomic E-state index is -0.423. The standard InChI is InChI=1S/C21H22ClN3O3S/c22-16-4-2-1-3-14(16)17-12-29-20(23-17)24-19(27)21-9-13(10-21)15(11-21)18(26)25-5-7-28-8-6-25/h1-4,12-13,15H,5-11H2,(H,23,24,27)/t13?,15-,21?/m0/s1. The van der Waals surface area contributed by atoms with Crippen LogP contribution in [0.2, 0.25) is 5.02 Å². The van der Waals surface area contributed by atoms with Crippen LogP contribution in [0.5, 0.6) is 0 Å². The van der Waals surface area contributed by atoms with E-state index in [1.54, 1.807) is 0 Å². The number of aromatic nitrogens is 1. The predicted octanol–water partition coefficient (Wildman–Crippen LogP) is 3.68. The first-order chi connectivity index (χ1) is 14.1. The highest BCUT2D eigenvalue weighted by molar-refractivity contribution is 7.14. The number of thiazole rings is 1. The third-order valence-corrected chi connectivity index (χ3v) is 7.57. The smallest absolute Gasteiger partial charge is 0.232 e. The summed E-state index contributed by atoms with van der Waals surface area (Å²) in [7, 11) is 0. The van der Waals surface area contributed by atoms with E-state index in [1.165, 1.54) is 11.3 Å². The quantitative estimate of drug-likeness (QED) is 0.801. The third kappa shape index (κ3) is 3.35. The van der Waals surface area contributed by atoms with Crippen molar-refractivity contribution in [3.05, 3.63) is 34.7 Å². The molecule has 3 aliphatic carbocycles. The number of rotatable bonds is 4. The van der Waals surface area contributed by atoms with Crippen LogP contribution in [0.3, 0.4) is 0 Å². The lowest BCUT2D eigenvalue weighted by Gasteiger charge is -2.37. The topological polar surface area (TPSA) is 71.5 Å². The Morgan fingerprint density at radius 3 is 2.72 bits per heavy atom. The lowest BCUT2D eigenvalue weighted by molar-refractivity contribution is -0.140. The van der Waals surface area contributed by atoms with E-state index in [1.807, 2.05) is 34.5 Å². The summed E-state index contributed by atoms with van der Waals surface area (Å²) < 4.78 is 5.34. The van der Waals surface area contributed by atoms with Crippen LogP contribution in [-0.2, 0) is 14.3 Å². The molecule has 2 bridgehead atoms. The van der Waals surface area contributed by atoms with Crippen LogP contribution in [0, 0.1) is 17.3 Å². The number of carbonyl (C=O) groups excluding carboxylic acids is 2. The van der Waals surface area contributed by atoms with E-state index in [0.717, 1.165) is 24.1 Å². The van der Waals surface area contributed by atoms with Gasteiger partial charge in [0.1, 0.15) is 0 Å². The first-order valence-electron chi connectivity index (χ1n) is 9.94. The average Bonchev–Trinajstić information content (AvgIpc) is 3.42. The predicted molar refractivity (Wildman–Crippen MR) is 112 cm³/mol. The molecule has 1 aromatic carbocycles. The molecule has 0 radical (unpaired) electrons. The molecule has 6 rings (SSSR count). The summed E-state index contributed by atoms with van der Waals surface area (Å²) in [6.07, 6.45) is 2.23. The number of carbonyl (C=O) groups is 2. The number of benzene rings is 1. The first kappa shape index (κ1) is 19.0. The highest BCUT2D eigenvalue weighted by atomic mass is 35.5. The van der Waals surface area contributed by atoms with Gasteiger partial charge in [-0.2, -0.15) is 0 Å². The normalized spacial score (nSPS) is 28.1. The summed E-state index contributed by atoms with van der Waals surface area (Å²) in [6.45, 7) is 2.52. The number of amides is 2. The number of hydrogen-bond acceptors (Lipinski definition) is 5. The number of nitrogens with zero attached hydrogens (tertiary/aromatic N) is 2. The van der Waals surface area contributed by atoms with E-state index in [0.29, 0.717) is 48.8 Å². The molecule has 4 aliphatic rings. The van der Waals surface area contributed by atoms with Crippen LogP contribution in [0.15, 0.2) is 29.6 Å². The molecule has 29 heavy (non-hydrogen) atoms. The van der Waals surface area contributed by atoms with Crippen molar-refractivity contribution in [1.29, 1.82) is 0 Å². The van der Waals surface area contributed by atoms with E-state index < -0.39 is 5.41 Å². The number of morpholine rings is 1. The van der Waals surface area contributed by atoms with Crippen molar-refractivity contribution in [1.82, 2.24) is 9.88 Å². The Labute approximate surface area is 178 Å². The van der Waals surface area contributed by atoms with Crippen molar-refractivity contribution >= 4 is 39.9 Å². The molecule has 1 aliphatic heterocycles. The molecule has 1 saturated heterocycles. The molecule has 6 nitrogen and oxygen atoms in total. The van der Waals surface area contributed by atoms with E-state index in [9.17, 15) is 9.59 Å². The molecule has 1 N–H and O–H groups in total. The number of ether oxygens (including phenoxy) is 1. The lowest BCUT2D eigenvalue weighted by Crippen LogP contribution is -2.44. The minimum absolute atomic E-state index is 0.00825. The maximum absolute atomic E-state index is 13.0. The van der Waals surface area contributed by atoms with Crippen LogP contribution in [0.25, 0.3) is 11.3 Å². The Bertz CT molecular complexity index is 950. The van der Waals surface area contributed by atoms with Crippen molar-refractivity contribution in [3.8, 4) is 11.3 Å². The van der Waals surface area contributed by atoms with Gasteiger partial charge in [-0.3, -0.25) is 9.59 Å². The second-order valence-electron chi connectivity index (χ2n) is 8.17. The van der Waals surface area contributed by atoms with Crippen molar-refractivity contribution in [2.45, 2.75) is 19.3 Å². The second kappa shape index (κ2) is 7.38. The summed E-state index contributed by atoms with van der Waals surface area (Å²) in [4.78, 5) is 32.3. The summed E-state index contributed by atoms with van der Waals surface area (Å²) in [6, 6.07) is 7.53. The van der Waals surface area contributed by atoms with Crippen molar-refractivity contribution in [2.24, 2.45) is 17.3 Å². The van der Waals surface area contributed by atoms with Gasteiger partial charge in [-0.1, -0.05) is 29.8 Å². The Kier molecular flexibility index (Phi) is 4.84. The van der Waals surface area contributed by atoms with Crippen LogP contribution in [0.1, 0.15) is 19.3 Å². The van der Waals surface area contributed by atoms with Gasteiger partial charge in [0.25, 0.3) is 0 Å². The van der Waals surface area contributed by atoms with E-state index >= 15 is 0 Å². The number of anilines is 1. The molecular formula is C21H22ClN3O3S. The first-order valence-corrected chi connectivity index (χ1v) is 11.2. The van der Waals surface area contributed by atoms with Gasteiger partial charge >= 0.3 is 0 Å². The zero-order valence-electron chi connectivity index (χ0n) is 15.9. The molecular weight excluding hydrogens is 410 g/mol. The highest BCUT2D eigenvalue weighted by Crippen LogP contribution is 2.62. The molecule has 4 fully saturated rings. The van der Waals surface area contributed by atoms with Crippen LogP contribution in [0.4, 0.5) is 5.13 Å². The second-order valence-corrected chi connectivity index (χ2v) is 9.43. The molecule has 0 spiro atoms. The largest absolute Gasteiger partial charge is 0.378 e. The van der Waals surface area contributed by atoms with Crippen molar-refractivity contribution in [3.63, 3.8) is 0 Å². The average molecular weight is 432 g/mol. The molecule has 8 heteroatoms. The molecule has 2 amide bonds. The molecule has 1 aromatic heterocycles. The molecule has 1 atom stereocenters. The Hall–Kier alpha value is -1.96. The zero-order chi connectivity index (χ0) is 20.0. The highest BCUT2D eigenvalue weighted by Gasteiger charge is 2.62. The van der Waals surface area contributed by atoms with Gasteiger partial charge in [-0.15, -0.1) is 11.3 Å². The molecule has 0 unspecified atom stereocenters. The summed E-state index contributed by atoms with van der Waals surface area (Å²) in [5, 5.41) is 6.10. The van der Waals surface area contributed by atoms with Gasteiger partial charge in [-0.05, 0) is 31.2 Å². The molecule has 2 aromatic rings. The van der Waals surface area contributed by atoms with Gasteiger partial charge in [0.2, 0.25) is 11.8 Å². The Morgan fingerprint density at radius 2 is 1.97 bits per heavy atom. The fourth-order valence-electron chi connectivity index (χ4n) is 4.92. The Morgan fingerprint density at radius 1 is 1.21 bits per heavy atom. The zero-order valence-corrected chi connectivity index (χ0v) is 17.5. The SMILES string of the molecule is O=C([C@H]1CC2(C(=O)Nc3nc(-c4ccccc4Cl)cs3)CC1C2)N1CCOCC1. The summed E-state index contributed by atoms with van der Waals surface area (Å²) >= 11 is 7.64. The number of fused-ring (bicyclic) bond motifs is 1. The van der Waals surface area contributed by atoms with Crippen molar-refractivity contribution in [2.75, 3.05) is 31.6 Å². The van der Waals surface area contributed by atoms with Crippen LogP contribution in [-0.4, -0.2) is 48.0 Å². The lowest BCUT2D eigenvalue weighted by atomic mass is 9.68. The maximum Gasteiger partial charge on any atom is 0.232 e. The van der Waals surface area contributed by atoms with Gasteiger partial charge in [0, 0.05) is 35.0 Å². The van der Waals surface area contributed by atoms with E-state index in [4.69, 9.17) is 16.3 Å². The van der Waals surface area contributed by atoms with E-state index in [-0.39, 0.29) is 17.7 Å². The van der Waals surface area contributed by atoms with Gasteiger partial charge in [0.15, 0.2) is 5.13 Å². The minimum Gasteiger partial charge on any atom is -0.378 e. The van der Waals surface area contributed by atoms with Crippen LogP contribution >= 0.6 is 22.9 Å². The van der Waals surface area contributed by atoms with Gasteiger partial charge in [-0.25, -0.2) is 4.98 Å². The fourth-order valence-corrected chi connectivity index (χ4v) is 5.86. The molecule has 3 saturated carbocycles. The van der Waals surface area contributed by atoms with Gasteiger partial charge in [0.05, 0.1) is 24.3 Å². The monoisotopic (exact) mass is 431 g/mol. The van der Waals surface area contributed by atoms with Gasteiger partial charge < -0.3 is 15.0 Å². The molecule has 152 valence electrons. The Balaban J connectivity index is 1.25. The number of hydrogen-bond donors (Lipinski definition) is 1. The number of halogens is 1. The maximum atomic E-state index is 13.0. The molecule has 2 heterocycles.